The number of aromatic nitrogens is 1. The molecule has 1 aromatic carbocycles. The number of ether oxygens (including phenoxy) is 3. The lowest BCUT2D eigenvalue weighted by Crippen LogP contribution is -2.37. The van der Waals surface area contributed by atoms with Gasteiger partial charge in [-0.1, -0.05) is 0 Å². The summed E-state index contributed by atoms with van der Waals surface area (Å²) in [7, 11) is 5.49. The topological polar surface area (TPSA) is 112 Å². The minimum absolute atomic E-state index is 0.143. The van der Waals surface area contributed by atoms with E-state index >= 15 is 0 Å². The molecule has 0 spiro atoms. The van der Waals surface area contributed by atoms with E-state index in [0.717, 1.165) is 48.6 Å². The molecule has 0 amide bonds. The van der Waals surface area contributed by atoms with Gasteiger partial charge in [0, 0.05) is 56.2 Å². The monoisotopic (exact) mass is 499 g/mol. The molecule has 0 bridgehead atoms. The van der Waals surface area contributed by atoms with Gasteiger partial charge >= 0.3 is 0 Å². The summed E-state index contributed by atoms with van der Waals surface area (Å²) in [4.78, 5) is 7.22. The molecule has 2 aromatic rings. The van der Waals surface area contributed by atoms with Gasteiger partial charge in [-0.05, 0) is 58.9 Å². The summed E-state index contributed by atoms with van der Waals surface area (Å²) in [5.41, 5.74) is 3.79. The largest absolute Gasteiger partial charge is 0.497 e. The maximum absolute atomic E-state index is 10.1. The van der Waals surface area contributed by atoms with E-state index in [-0.39, 0.29) is 12.6 Å². The first-order chi connectivity index (χ1) is 17.2. The summed E-state index contributed by atoms with van der Waals surface area (Å²) in [6, 6.07) is 8.14. The van der Waals surface area contributed by atoms with Gasteiger partial charge < -0.3 is 40.3 Å². The van der Waals surface area contributed by atoms with Crippen LogP contribution in [0.3, 0.4) is 0 Å². The van der Waals surface area contributed by atoms with E-state index in [4.69, 9.17) is 24.6 Å². The first-order valence-corrected chi connectivity index (χ1v) is 12.6. The molecule has 36 heavy (non-hydrogen) atoms. The Morgan fingerprint density at radius 2 is 1.92 bits per heavy atom. The van der Waals surface area contributed by atoms with Crippen LogP contribution in [0.1, 0.15) is 39.2 Å². The molecule has 1 aromatic heterocycles. The third kappa shape index (κ3) is 7.09. The second kappa shape index (κ2) is 12.9. The molecule has 0 aliphatic carbocycles. The first kappa shape index (κ1) is 27.7. The molecule has 198 valence electrons. The summed E-state index contributed by atoms with van der Waals surface area (Å²) >= 11 is 0. The van der Waals surface area contributed by atoms with E-state index in [9.17, 15) is 5.11 Å². The Labute approximate surface area is 214 Å². The summed E-state index contributed by atoms with van der Waals surface area (Å²) in [6.45, 7) is 8.00. The second-order valence-electron chi connectivity index (χ2n) is 9.55. The summed E-state index contributed by atoms with van der Waals surface area (Å²) in [6.07, 6.45) is 1.24. The molecule has 1 atom stereocenters. The van der Waals surface area contributed by atoms with Crippen molar-refractivity contribution in [3.05, 3.63) is 29.8 Å². The van der Waals surface area contributed by atoms with Crippen LogP contribution in [0.4, 0.5) is 11.5 Å². The van der Waals surface area contributed by atoms with Crippen molar-refractivity contribution in [2.75, 3.05) is 57.8 Å². The molecular weight excluding hydrogens is 458 g/mol. The van der Waals surface area contributed by atoms with Crippen LogP contribution in [-0.2, 0) is 4.74 Å². The molecule has 2 heterocycles. The third-order valence-electron chi connectivity index (χ3n) is 6.21. The quantitative estimate of drug-likeness (QED) is 0.328. The third-order valence-corrected chi connectivity index (χ3v) is 6.21. The molecule has 4 N–H and O–H groups in total. The van der Waals surface area contributed by atoms with Crippen molar-refractivity contribution in [2.45, 2.75) is 51.8 Å². The highest BCUT2D eigenvalue weighted by molar-refractivity contribution is 6.06. The zero-order valence-electron chi connectivity index (χ0n) is 22.4. The average molecular weight is 500 g/mol. The van der Waals surface area contributed by atoms with E-state index in [0.29, 0.717) is 35.6 Å². The minimum Gasteiger partial charge on any atom is -0.497 e. The Bertz CT molecular complexity index is 1020. The van der Waals surface area contributed by atoms with E-state index in [1.54, 1.807) is 27.1 Å². The number of rotatable bonds is 12. The number of nitrogens with one attached hydrogen (secondary N) is 3. The van der Waals surface area contributed by atoms with Gasteiger partial charge in [0.1, 0.15) is 30.0 Å². The number of aliphatic hydroxyl groups excluding tert-OH is 1. The van der Waals surface area contributed by atoms with Gasteiger partial charge in [0.2, 0.25) is 0 Å². The molecule has 3 rings (SSSR count). The zero-order chi connectivity index (χ0) is 26.2. The summed E-state index contributed by atoms with van der Waals surface area (Å²) < 4.78 is 17.0. The highest BCUT2D eigenvalue weighted by Gasteiger charge is 2.25. The van der Waals surface area contributed by atoms with Crippen molar-refractivity contribution < 1.29 is 19.3 Å². The molecule has 1 aliphatic heterocycles. The van der Waals surface area contributed by atoms with Gasteiger partial charge in [0.25, 0.3) is 0 Å². The summed E-state index contributed by atoms with van der Waals surface area (Å²) in [5, 5.41) is 25.0. The fourth-order valence-corrected chi connectivity index (χ4v) is 4.38. The number of benzene rings is 1. The van der Waals surface area contributed by atoms with Gasteiger partial charge in [-0.3, -0.25) is 0 Å². The molecular formula is C27H41N5O4. The molecule has 0 radical (unpaired) electrons. The lowest BCUT2D eigenvalue weighted by atomic mass is 10.0. The highest BCUT2D eigenvalue weighted by Crippen LogP contribution is 2.36. The lowest BCUT2D eigenvalue weighted by Gasteiger charge is -2.35. The molecule has 0 saturated carbocycles. The van der Waals surface area contributed by atoms with Crippen molar-refractivity contribution in [3.8, 4) is 22.8 Å². The van der Waals surface area contributed by atoms with Gasteiger partial charge in [0.15, 0.2) is 0 Å². The number of nitrogens with zero attached hydrogens (tertiary/aromatic N) is 2. The van der Waals surface area contributed by atoms with Crippen LogP contribution in [0.15, 0.2) is 24.3 Å². The van der Waals surface area contributed by atoms with Crippen LogP contribution >= 0.6 is 0 Å². The molecule has 1 fully saturated rings. The van der Waals surface area contributed by atoms with Crippen LogP contribution in [0.25, 0.3) is 11.3 Å². The Kier molecular flexibility index (Phi) is 9.92. The second-order valence-corrected chi connectivity index (χ2v) is 9.55. The molecule has 9 nitrogen and oxygen atoms in total. The predicted molar refractivity (Wildman–Crippen MR) is 145 cm³/mol. The molecule has 1 saturated heterocycles. The number of pyridine rings is 1. The normalized spacial score (nSPS) is 15.0. The zero-order valence-corrected chi connectivity index (χ0v) is 22.4. The van der Waals surface area contributed by atoms with Crippen LogP contribution in [-0.4, -0.2) is 81.6 Å². The average Bonchev–Trinajstić information content (AvgIpc) is 2.86. The van der Waals surface area contributed by atoms with Crippen molar-refractivity contribution in [1.29, 1.82) is 5.41 Å². The van der Waals surface area contributed by atoms with E-state index in [1.165, 1.54) is 0 Å². The smallest absolute Gasteiger partial charge is 0.138 e. The van der Waals surface area contributed by atoms with Crippen molar-refractivity contribution in [1.82, 2.24) is 10.3 Å². The van der Waals surface area contributed by atoms with Gasteiger partial charge in [0.05, 0.1) is 24.1 Å². The van der Waals surface area contributed by atoms with Crippen molar-refractivity contribution >= 4 is 17.2 Å². The van der Waals surface area contributed by atoms with E-state index in [2.05, 4.69) is 36.4 Å². The lowest BCUT2D eigenvalue weighted by molar-refractivity contribution is 0.0855. The molecule has 1 aliphatic rings. The Morgan fingerprint density at radius 1 is 1.22 bits per heavy atom. The van der Waals surface area contributed by atoms with Gasteiger partial charge in [-0.25, -0.2) is 4.98 Å². The van der Waals surface area contributed by atoms with Gasteiger partial charge in [-0.15, -0.1) is 0 Å². The van der Waals surface area contributed by atoms with Crippen LogP contribution in [0.5, 0.6) is 11.5 Å². The number of aliphatic hydroxyl groups is 1. The summed E-state index contributed by atoms with van der Waals surface area (Å²) in [5.74, 6) is 1.90. The fourth-order valence-electron chi connectivity index (χ4n) is 4.38. The van der Waals surface area contributed by atoms with E-state index < -0.39 is 6.10 Å². The van der Waals surface area contributed by atoms with Gasteiger partial charge in [-0.2, -0.15) is 0 Å². The maximum atomic E-state index is 10.1. The Balaban J connectivity index is 2.09. The van der Waals surface area contributed by atoms with Crippen LogP contribution in [0, 0.1) is 5.41 Å². The Morgan fingerprint density at radius 3 is 2.53 bits per heavy atom. The maximum Gasteiger partial charge on any atom is 0.138 e. The molecule has 9 heteroatoms. The predicted octanol–water partition coefficient (Wildman–Crippen LogP) is 3.54. The number of anilines is 2. The van der Waals surface area contributed by atoms with E-state index in [1.807, 2.05) is 18.2 Å². The number of likely N-dealkylation sites (N-methyl/N-ethyl adjacent to an activating group) is 1. The number of hydrogen-bond acceptors (Lipinski definition) is 9. The van der Waals surface area contributed by atoms with Crippen LogP contribution < -0.4 is 25.0 Å². The number of hydrogen-bond donors (Lipinski definition) is 4. The number of methoxy groups -OCH3 is 1. The first-order valence-electron chi connectivity index (χ1n) is 12.6. The fraction of sp³-hybridized carbons (Fsp3) is 0.556. The standard InChI is InChI=1S/C27H41N5O4/c1-17(2)30-27-26(18(3)28)25(32(5)20-7-9-35-10-8-20)14-24(31-27)19-11-22(34-6)13-23(12-19)36-16-21(33)15-29-4/h11-14,17,20-21,28-29,33H,7-10,15-16H2,1-6H3,(H,30,31). The SMILES string of the molecule is CNCC(O)COc1cc(OC)cc(-c2cc(N(C)C3CCOCC3)c(C(C)=N)c(NC(C)C)n2)c1. The van der Waals surface area contributed by atoms with Crippen molar-refractivity contribution in [2.24, 2.45) is 0 Å². The van der Waals surface area contributed by atoms with Crippen LogP contribution in [0.2, 0.25) is 0 Å². The minimum atomic E-state index is -0.626. The highest BCUT2D eigenvalue weighted by atomic mass is 16.5. The Hall–Kier alpha value is -2.88. The molecule has 1 unspecified atom stereocenters. The van der Waals surface area contributed by atoms with Crippen molar-refractivity contribution in [3.63, 3.8) is 0 Å².